The van der Waals surface area contributed by atoms with Crippen LogP contribution in [0.1, 0.15) is 28.3 Å². The summed E-state index contributed by atoms with van der Waals surface area (Å²) in [5.74, 6) is 5.40. The first-order valence-corrected chi connectivity index (χ1v) is 20.2. The molecule has 0 fully saturated rings. The Morgan fingerprint density at radius 2 is 0.754 bits per heavy atom. The van der Waals surface area contributed by atoms with Crippen LogP contribution in [-0.2, 0) is 0 Å². The summed E-state index contributed by atoms with van der Waals surface area (Å²) in [6.45, 7) is 0. The fraction of sp³-hybridized carbons (Fsp3) is 0.271. The Morgan fingerprint density at radius 1 is 0.415 bits per heavy atom. The highest BCUT2D eigenvalue weighted by Crippen LogP contribution is 2.50. The van der Waals surface area contributed by atoms with Gasteiger partial charge in [0, 0.05) is 16.7 Å². The van der Waals surface area contributed by atoms with E-state index in [1.54, 1.807) is 101 Å². The van der Waals surface area contributed by atoms with Crippen LogP contribution in [0.2, 0.25) is 5.02 Å². The minimum absolute atomic E-state index is 0.220. The maximum Gasteiger partial charge on any atom is 0.203 e. The van der Waals surface area contributed by atoms with Gasteiger partial charge in [0.2, 0.25) is 23.0 Å². The van der Waals surface area contributed by atoms with Crippen LogP contribution in [0, 0.1) is 0 Å². The molecule has 7 rings (SSSR count). The molecule has 65 heavy (non-hydrogen) atoms. The average Bonchev–Trinajstić information content (AvgIpc) is 3.97. The smallest absolute Gasteiger partial charge is 0.203 e. The SMILES string of the molecule is COc1cc(C2=NC(=C3N=C(c4cc(OC)c(OC)c(OC)c4)C(c4cc(OC)c(OC)c(OC)c4)N3c3ccccc3Cl)N=C2c2cc(OC)c(OC)c(OC)c2)cc(OC)c1OC. The van der Waals surface area contributed by atoms with Crippen molar-refractivity contribution in [2.75, 3.05) is 90.2 Å². The van der Waals surface area contributed by atoms with Crippen LogP contribution in [0.4, 0.5) is 5.69 Å². The maximum absolute atomic E-state index is 7.17. The quantitative estimate of drug-likeness (QED) is 0.0877. The summed E-state index contributed by atoms with van der Waals surface area (Å²) >= 11 is 7.17. The van der Waals surface area contributed by atoms with Gasteiger partial charge in [-0.15, -0.1) is 0 Å². The zero-order chi connectivity index (χ0) is 46.5. The van der Waals surface area contributed by atoms with Crippen LogP contribution in [-0.4, -0.2) is 102 Å². The van der Waals surface area contributed by atoms with Crippen LogP contribution >= 0.6 is 11.6 Å². The number of anilines is 1. The van der Waals surface area contributed by atoms with E-state index in [9.17, 15) is 0 Å². The number of para-hydroxylation sites is 1. The van der Waals surface area contributed by atoms with Gasteiger partial charge < -0.3 is 61.7 Å². The van der Waals surface area contributed by atoms with Crippen LogP contribution < -0.4 is 61.7 Å². The number of benzene rings is 5. The second-order valence-corrected chi connectivity index (χ2v) is 14.4. The zero-order valence-electron chi connectivity index (χ0n) is 38.1. The molecular weight excluding hydrogens is 860 g/mol. The van der Waals surface area contributed by atoms with Gasteiger partial charge in [-0.2, -0.15) is 0 Å². The molecule has 16 nitrogen and oxygen atoms in total. The second kappa shape index (κ2) is 19.5. The topological polar surface area (TPSA) is 151 Å². The molecule has 0 saturated heterocycles. The van der Waals surface area contributed by atoms with Gasteiger partial charge >= 0.3 is 0 Å². The zero-order valence-corrected chi connectivity index (χ0v) is 38.8. The van der Waals surface area contributed by atoms with Crippen molar-refractivity contribution >= 4 is 34.4 Å². The number of ether oxygens (including phenoxy) is 12. The number of aliphatic imine (C=N–C) groups is 3. The molecule has 0 saturated carbocycles. The van der Waals surface area contributed by atoms with Gasteiger partial charge in [-0.05, 0) is 66.2 Å². The lowest BCUT2D eigenvalue weighted by atomic mass is 9.94. The van der Waals surface area contributed by atoms with E-state index >= 15 is 0 Å². The van der Waals surface area contributed by atoms with Gasteiger partial charge in [0.05, 0.1) is 113 Å². The Morgan fingerprint density at radius 3 is 1.09 bits per heavy atom. The third-order valence-corrected chi connectivity index (χ3v) is 11.1. The van der Waals surface area contributed by atoms with Crippen molar-refractivity contribution in [3.63, 3.8) is 0 Å². The first-order valence-electron chi connectivity index (χ1n) is 19.9. The van der Waals surface area contributed by atoms with E-state index in [0.29, 0.717) is 125 Å². The van der Waals surface area contributed by atoms with Crippen LogP contribution in [0.25, 0.3) is 0 Å². The van der Waals surface area contributed by atoms with Crippen molar-refractivity contribution in [3.8, 4) is 69.0 Å². The third-order valence-electron chi connectivity index (χ3n) is 10.8. The molecule has 2 aliphatic heterocycles. The summed E-state index contributed by atoms with van der Waals surface area (Å²) in [6, 6.07) is 21.2. The molecule has 0 aliphatic carbocycles. The van der Waals surface area contributed by atoms with Gasteiger partial charge in [0.25, 0.3) is 0 Å². The van der Waals surface area contributed by atoms with Crippen LogP contribution in [0.5, 0.6) is 69.0 Å². The molecule has 1 unspecified atom stereocenters. The van der Waals surface area contributed by atoms with Gasteiger partial charge in [-0.1, -0.05) is 23.7 Å². The number of hydrogen-bond acceptors (Lipinski definition) is 16. The number of methoxy groups -OCH3 is 12. The van der Waals surface area contributed by atoms with Crippen molar-refractivity contribution in [2.45, 2.75) is 6.04 Å². The minimum atomic E-state index is -0.755. The molecule has 1 atom stereocenters. The summed E-state index contributed by atoms with van der Waals surface area (Å²) in [5, 5.41) is 0.421. The average molecular weight is 909 g/mol. The number of hydrogen-bond donors (Lipinski definition) is 0. The first kappa shape index (κ1) is 45.6. The number of nitrogens with zero attached hydrogens (tertiary/aromatic N) is 4. The van der Waals surface area contributed by atoms with Crippen molar-refractivity contribution in [3.05, 3.63) is 112 Å². The number of rotatable bonds is 17. The molecule has 0 aromatic heterocycles. The maximum atomic E-state index is 7.17. The van der Waals surface area contributed by atoms with E-state index in [0.717, 1.165) is 0 Å². The van der Waals surface area contributed by atoms with Gasteiger partial charge in [0.15, 0.2) is 57.6 Å². The van der Waals surface area contributed by atoms with E-state index in [1.165, 1.54) is 14.2 Å². The molecule has 340 valence electrons. The second-order valence-electron chi connectivity index (χ2n) is 14.0. The van der Waals surface area contributed by atoms with Crippen LogP contribution in [0.3, 0.4) is 0 Å². The van der Waals surface area contributed by atoms with Gasteiger partial charge in [0.1, 0.15) is 6.04 Å². The fourth-order valence-electron chi connectivity index (χ4n) is 7.83. The van der Waals surface area contributed by atoms with Gasteiger partial charge in [-0.3, -0.25) is 0 Å². The van der Waals surface area contributed by atoms with Crippen molar-refractivity contribution in [2.24, 2.45) is 15.0 Å². The van der Waals surface area contributed by atoms with E-state index in [2.05, 4.69) is 0 Å². The van der Waals surface area contributed by atoms with E-state index in [1.807, 2.05) is 47.4 Å². The molecule has 0 radical (unpaired) electrons. The third kappa shape index (κ3) is 8.16. The lowest BCUT2D eigenvalue weighted by Gasteiger charge is -2.30. The highest BCUT2D eigenvalue weighted by atomic mass is 35.5. The summed E-state index contributed by atoms with van der Waals surface area (Å²) in [4.78, 5) is 18.0. The molecule has 0 amide bonds. The molecular formula is C48H49ClN4O12. The molecule has 2 aliphatic rings. The highest BCUT2D eigenvalue weighted by molar-refractivity contribution is 6.55. The largest absolute Gasteiger partial charge is 0.493 e. The van der Waals surface area contributed by atoms with E-state index in [4.69, 9.17) is 83.4 Å². The Hall–Kier alpha value is -7.46. The first-order chi connectivity index (χ1) is 31.6. The predicted octanol–water partition coefficient (Wildman–Crippen LogP) is 8.61. The van der Waals surface area contributed by atoms with Crippen molar-refractivity contribution < 1.29 is 56.8 Å². The molecule has 0 spiro atoms. The van der Waals surface area contributed by atoms with Crippen molar-refractivity contribution in [1.82, 2.24) is 0 Å². The summed E-state index contributed by atoms with van der Waals surface area (Å²) in [7, 11) is 18.6. The Kier molecular flexibility index (Phi) is 13.7. The standard InChI is InChI=1S/C48H49ClN4O12/c1-54-31-17-25(18-32(55-2)43(31)62-9)39-40(26-19-33(56-3)44(63-10)34(20-26)57-4)51-47(50-39)48-52-41(27-21-35(58-5)45(64-11)36(22-27)59-6)42(53(48)30-16-14-13-15-29(30)49)28-23-37(60-7)46(65-12)38(24-28)61-8/h13-24,42H,1-12H3. The monoisotopic (exact) mass is 908 g/mol. The molecule has 0 N–H and O–H groups in total. The molecule has 5 aromatic rings. The lowest BCUT2D eigenvalue weighted by molar-refractivity contribution is 0.323. The summed E-state index contributed by atoms with van der Waals surface area (Å²) < 4.78 is 69.5. The minimum Gasteiger partial charge on any atom is -0.493 e. The van der Waals surface area contributed by atoms with E-state index in [-0.39, 0.29) is 5.82 Å². The Labute approximate surface area is 382 Å². The summed E-state index contributed by atoms with van der Waals surface area (Å²) in [6.07, 6.45) is 0. The van der Waals surface area contributed by atoms with Crippen LogP contribution in [0.15, 0.2) is 99.4 Å². The fourth-order valence-corrected chi connectivity index (χ4v) is 8.06. The van der Waals surface area contributed by atoms with Gasteiger partial charge in [-0.25, -0.2) is 15.0 Å². The lowest BCUT2D eigenvalue weighted by Crippen LogP contribution is -2.28. The van der Waals surface area contributed by atoms with E-state index < -0.39 is 6.04 Å². The molecule has 5 aromatic carbocycles. The Bertz CT molecular complexity index is 2570. The van der Waals surface area contributed by atoms with Crippen molar-refractivity contribution in [1.29, 1.82) is 0 Å². The normalized spacial score (nSPS) is 14.3. The molecule has 2 heterocycles. The molecule has 0 bridgehead atoms. The molecule has 17 heteroatoms. The highest BCUT2D eigenvalue weighted by Gasteiger charge is 2.41. The predicted molar refractivity (Wildman–Crippen MR) is 248 cm³/mol. The Balaban J connectivity index is 1.64. The summed E-state index contributed by atoms with van der Waals surface area (Å²) in [5.41, 5.74) is 4.45. The number of halogens is 1.